The van der Waals surface area contributed by atoms with Crippen LogP contribution in [0.5, 0.6) is 0 Å². The molecule has 1 aliphatic heterocycles. The summed E-state index contributed by atoms with van der Waals surface area (Å²) >= 11 is 5.57. The fraction of sp³-hybridized carbons (Fsp3) is 0.353. The Morgan fingerprint density at radius 2 is 1.85 bits per heavy atom. The van der Waals surface area contributed by atoms with Gasteiger partial charge in [-0.3, -0.25) is 14.4 Å². The molecule has 6 nitrogen and oxygen atoms in total. The Hall–Kier alpha value is -2.55. The lowest BCUT2D eigenvalue weighted by molar-refractivity contribution is -0.138. The van der Waals surface area contributed by atoms with Gasteiger partial charge < -0.3 is 14.5 Å². The van der Waals surface area contributed by atoms with Crippen molar-refractivity contribution < 1.29 is 22.8 Å². The standard InChI is InChI=1S/C17H15ClF3N3O3/c18-12-6-11(17(19,20)21)8-24(15(12)26)9-14(25)10-5-13(22-7-10)16(27)23-3-1-2-4-23/h5-8,22H,1-4,9H2. The monoisotopic (exact) mass is 401 g/mol. The second-order valence-corrected chi connectivity index (χ2v) is 6.64. The summed E-state index contributed by atoms with van der Waals surface area (Å²) in [6.07, 6.45) is -1.03. The number of hydrogen-bond donors (Lipinski definition) is 1. The minimum atomic E-state index is -4.70. The van der Waals surface area contributed by atoms with Gasteiger partial charge in [-0.15, -0.1) is 0 Å². The fourth-order valence-electron chi connectivity index (χ4n) is 2.89. The van der Waals surface area contributed by atoms with Crippen molar-refractivity contribution in [1.82, 2.24) is 14.5 Å². The SMILES string of the molecule is O=C(Cn1cc(C(F)(F)F)cc(Cl)c1=O)c1c[nH]c(C(=O)N2CCCC2)c1. The number of H-pyrrole nitrogens is 1. The molecule has 1 N–H and O–H groups in total. The third-order valence-corrected chi connectivity index (χ3v) is 4.58. The first kappa shape index (κ1) is 19.2. The van der Waals surface area contributed by atoms with Gasteiger partial charge in [0, 0.05) is 31.0 Å². The molecule has 2 aromatic heterocycles. The first-order chi connectivity index (χ1) is 12.7. The Bertz CT molecular complexity index is 943. The van der Waals surface area contributed by atoms with Crippen molar-refractivity contribution in [2.75, 3.05) is 13.1 Å². The number of likely N-dealkylation sites (tertiary alicyclic amines) is 1. The summed E-state index contributed by atoms with van der Waals surface area (Å²) in [5.74, 6) is -0.866. The summed E-state index contributed by atoms with van der Waals surface area (Å²) in [5, 5.41) is -0.628. The molecule has 0 atom stereocenters. The molecular formula is C17H15ClF3N3O3. The number of hydrogen-bond acceptors (Lipinski definition) is 3. The number of halogens is 4. The zero-order valence-corrected chi connectivity index (χ0v) is 14.7. The Labute approximate surface area is 156 Å². The number of carbonyl (C=O) groups is 2. The second kappa shape index (κ2) is 7.22. The van der Waals surface area contributed by atoms with Crippen LogP contribution in [0.3, 0.4) is 0 Å². The van der Waals surface area contributed by atoms with Gasteiger partial charge in [-0.1, -0.05) is 11.6 Å². The average Bonchev–Trinajstić information content (AvgIpc) is 3.28. The van der Waals surface area contributed by atoms with Crippen molar-refractivity contribution >= 4 is 23.3 Å². The number of amides is 1. The maximum Gasteiger partial charge on any atom is 0.417 e. The molecule has 1 fully saturated rings. The Balaban J connectivity index is 1.81. The lowest BCUT2D eigenvalue weighted by Gasteiger charge is -2.13. The largest absolute Gasteiger partial charge is 0.417 e. The summed E-state index contributed by atoms with van der Waals surface area (Å²) in [7, 11) is 0. The van der Waals surface area contributed by atoms with E-state index in [1.165, 1.54) is 12.3 Å². The number of nitrogens with one attached hydrogen (secondary N) is 1. The molecule has 0 unspecified atom stereocenters. The van der Waals surface area contributed by atoms with Gasteiger partial charge >= 0.3 is 6.18 Å². The Kier molecular flexibility index (Phi) is 5.14. The molecule has 0 aliphatic carbocycles. The molecule has 3 heterocycles. The van der Waals surface area contributed by atoms with Crippen LogP contribution in [0.1, 0.15) is 39.3 Å². The van der Waals surface area contributed by atoms with Crippen LogP contribution in [0.25, 0.3) is 0 Å². The van der Waals surface area contributed by atoms with E-state index >= 15 is 0 Å². The molecule has 0 saturated carbocycles. The molecule has 1 saturated heterocycles. The van der Waals surface area contributed by atoms with Crippen molar-refractivity contribution in [3.63, 3.8) is 0 Å². The first-order valence-electron chi connectivity index (χ1n) is 8.15. The number of aromatic nitrogens is 2. The van der Waals surface area contributed by atoms with Crippen molar-refractivity contribution in [2.24, 2.45) is 0 Å². The lowest BCUT2D eigenvalue weighted by atomic mass is 10.2. The van der Waals surface area contributed by atoms with E-state index in [4.69, 9.17) is 11.6 Å². The van der Waals surface area contributed by atoms with Gasteiger partial charge in [0.1, 0.15) is 10.7 Å². The van der Waals surface area contributed by atoms with Gasteiger partial charge in [-0.25, -0.2) is 0 Å². The van der Waals surface area contributed by atoms with Gasteiger partial charge in [0.25, 0.3) is 11.5 Å². The van der Waals surface area contributed by atoms with Gasteiger partial charge in [0.2, 0.25) is 0 Å². The molecule has 0 spiro atoms. The minimum Gasteiger partial charge on any atom is -0.356 e. The summed E-state index contributed by atoms with van der Waals surface area (Å²) in [4.78, 5) is 40.9. The Morgan fingerprint density at radius 3 is 2.48 bits per heavy atom. The molecule has 144 valence electrons. The van der Waals surface area contributed by atoms with Crippen molar-refractivity contribution in [2.45, 2.75) is 25.6 Å². The molecule has 2 aromatic rings. The van der Waals surface area contributed by atoms with Gasteiger partial charge in [-0.2, -0.15) is 13.2 Å². The number of Topliss-reactive ketones (excluding diaryl/α,β-unsaturated/α-hetero) is 1. The van der Waals surface area contributed by atoms with E-state index in [1.54, 1.807) is 4.90 Å². The fourth-order valence-corrected chi connectivity index (χ4v) is 3.11. The highest BCUT2D eigenvalue weighted by Gasteiger charge is 2.32. The molecule has 1 amide bonds. The van der Waals surface area contributed by atoms with E-state index in [-0.39, 0.29) is 17.2 Å². The number of alkyl halides is 3. The summed E-state index contributed by atoms with van der Waals surface area (Å²) in [5.41, 5.74) is -1.71. The lowest BCUT2D eigenvalue weighted by Crippen LogP contribution is -2.28. The van der Waals surface area contributed by atoms with E-state index < -0.39 is 34.6 Å². The molecule has 3 rings (SSSR count). The molecule has 0 bridgehead atoms. The van der Waals surface area contributed by atoms with Gasteiger partial charge in [0.15, 0.2) is 5.78 Å². The van der Waals surface area contributed by atoms with Crippen LogP contribution in [-0.2, 0) is 12.7 Å². The highest BCUT2D eigenvalue weighted by molar-refractivity contribution is 6.30. The maximum atomic E-state index is 12.9. The third kappa shape index (κ3) is 4.08. The number of rotatable bonds is 4. The quantitative estimate of drug-likeness (QED) is 0.800. The van der Waals surface area contributed by atoms with Crippen molar-refractivity contribution in [1.29, 1.82) is 0 Å². The topological polar surface area (TPSA) is 75.2 Å². The predicted octanol–water partition coefficient (Wildman–Crippen LogP) is 2.97. The Morgan fingerprint density at radius 1 is 1.19 bits per heavy atom. The zero-order valence-electron chi connectivity index (χ0n) is 14.0. The van der Waals surface area contributed by atoms with E-state index in [0.717, 1.165) is 12.8 Å². The van der Waals surface area contributed by atoms with Gasteiger partial charge in [-0.05, 0) is 25.0 Å². The van der Waals surface area contributed by atoms with Crippen LogP contribution >= 0.6 is 11.6 Å². The van der Waals surface area contributed by atoms with Gasteiger partial charge in [0.05, 0.1) is 12.1 Å². The molecule has 0 aromatic carbocycles. The highest BCUT2D eigenvalue weighted by atomic mass is 35.5. The summed E-state index contributed by atoms with van der Waals surface area (Å²) in [6, 6.07) is 1.86. The normalized spacial score (nSPS) is 14.6. The number of nitrogens with zero attached hydrogens (tertiary/aromatic N) is 2. The summed E-state index contributed by atoms with van der Waals surface area (Å²) < 4.78 is 39.2. The smallest absolute Gasteiger partial charge is 0.356 e. The van der Waals surface area contributed by atoms with Crippen molar-refractivity contribution in [3.05, 3.63) is 56.7 Å². The minimum absolute atomic E-state index is 0.0954. The second-order valence-electron chi connectivity index (χ2n) is 6.23. The molecule has 1 aliphatic rings. The van der Waals surface area contributed by atoms with Crippen molar-refractivity contribution in [3.8, 4) is 0 Å². The van der Waals surface area contributed by atoms with Crippen LogP contribution in [0.2, 0.25) is 5.02 Å². The molecule has 0 radical (unpaired) electrons. The summed E-state index contributed by atoms with van der Waals surface area (Å²) in [6.45, 7) is 0.649. The van der Waals surface area contributed by atoms with Crippen LogP contribution in [0.15, 0.2) is 29.3 Å². The van der Waals surface area contributed by atoms with E-state index in [2.05, 4.69) is 4.98 Å². The van der Waals surface area contributed by atoms with Crippen LogP contribution in [-0.4, -0.2) is 39.2 Å². The zero-order chi connectivity index (χ0) is 19.8. The van der Waals surface area contributed by atoms with Crippen LogP contribution in [0, 0.1) is 0 Å². The number of ketones is 1. The first-order valence-corrected chi connectivity index (χ1v) is 8.52. The number of pyridine rings is 1. The molecule has 10 heteroatoms. The highest BCUT2D eigenvalue weighted by Crippen LogP contribution is 2.29. The molecule has 27 heavy (non-hydrogen) atoms. The predicted molar refractivity (Wildman–Crippen MR) is 91.0 cm³/mol. The maximum absolute atomic E-state index is 12.9. The average molecular weight is 402 g/mol. The van der Waals surface area contributed by atoms with Crippen LogP contribution < -0.4 is 5.56 Å². The van der Waals surface area contributed by atoms with E-state index in [0.29, 0.717) is 29.9 Å². The third-order valence-electron chi connectivity index (χ3n) is 4.31. The molecular weight excluding hydrogens is 387 g/mol. The van der Waals surface area contributed by atoms with E-state index in [9.17, 15) is 27.6 Å². The van der Waals surface area contributed by atoms with Crippen LogP contribution in [0.4, 0.5) is 13.2 Å². The number of carbonyl (C=O) groups excluding carboxylic acids is 2. The van der Waals surface area contributed by atoms with E-state index in [1.807, 2.05) is 0 Å². The number of aromatic amines is 1.